The van der Waals surface area contributed by atoms with Crippen LogP contribution in [0.4, 0.5) is 0 Å². The molecule has 0 amide bonds. The van der Waals surface area contributed by atoms with E-state index in [1.165, 1.54) is 12.1 Å². The molecule has 102 valence electrons. The number of aromatic nitrogens is 2. The van der Waals surface area contributed by atoms with Crippen LogP contribution in [0.3, 0.4) is 0 Å². The van der Waals surface area contributed by atoms with Gasteiger partial charge in [0.05, 0.1) is 11.5 Å². The van der Waals surface area contributed by atoms with E-state index in [1.807, 2.05) is 0 Å². The molecule has 1 aromatic carbocycles. The first-order valence-electron chi connectivity index (χ1n) is 5.52. The van der Waals surface area contributed by atoms with Gasteiger partial charge in [-0.1, -0.05) is 18.2 Å². The quantitative estimate of drug-likeness (QED) is 0.777. The predicted molar refractivity (Wildman–Crippen MR) is 63.4 cm³/mol. The number of ether oxygens (including phenoxy) is 1. The Morgan fingerprint density at radius 3 is 2.63 bits per heavy atom. The standard InChI is InChI=1S/C11H12N2O5S/c14-7-4-8-17-10-11(13-18-12-10)19(15,16)9-5-2-1-3-6-9/h1-3,5-6,14H,4,7-8H2. The monoisotopic (exact) mass is 284 g/mol. The lowest BCUT2D eigenvalue weighted by Crippen LogP contribution is -2.07. The van der Waals surface area contributed by atoms with Crippen molar-refractivity contribution in [3.63, 3.8) is 0 Å². The second-order valence-electron chi connectivity index (χ2n) is 3.62. The molecule has 0 unspecified atom stereocenters. The molecule has 1 aromatic heterocycles. The highest BCUT2D eigenvalue weighted by Crippen LogP contribution is 2.25. The van der Waals surface area contributed by atoms with E-state index in [2.05, 4.69) is 14.9 Å². The molecule has 0 aliphatic carbocycles. The number of nitrogens with zero attached hydrogens (tertiary/aromatic N) is 2. The van der Waals surface area contributed by atoms with Crippen LogP contribution >= 0.6 is 0 Å². The molecule has 7 nitrogen and oxygen atoms in total. The summed E-state index contributed by atoms with van der Waals surface area (Å²) in [5.41, 5.74) is 0. The molecule has 8 heteroatoms. The van der Waals surface area contributed by atoms with Crippen molar-refractivity contribution in [2.24, 2.45) is 0 Å². The van der Waals surface area contributed by atoms with E-state index in [0.29, 0.717) is 6.42 Å². The van der Waals surface area contributed by atoms with E-state index in [9.17, 15) is 8.42 Å². The minimum absolute atomic E-state index is 0.0634. The molecular formula is C11H12N2O5S. The largest absolute Gasteiger partial charge is 0.473 e. The van der Waals surface area contributed by atoms with Crippen molar-refractivity contribution in [3.8, 4) is 5.88 Å². The molecule has 0 fully saturated rings. The zero-order valence-corrected chi connectivity index (χ0v) is 10.7. The fourth-order valence-corrected chi connectivity index (χ4v) is 2.57. The normalized spacial score (nSPS) is 11.4. The van der Waals surface area contributed by atoms with Crippen molar-refractivity contribution in [2.45, 2.75) is 16.3 Å². The summed E-state index contributed by atoms with van der Waals surface area (Å²) >= 11 is 0. The molecule has 0 atom stereocenters. The number of hydrogen-bond donors (Lipinski definition) is 1. The summed E-state index contributed by atoms with van der Waals surface area (Å²) < 4.78 is 34.0. The first-order chi connectivity index (χ1) is 9.16. The van der Waals surface area contributed by atoms with Gasteiger partial charge in [0.15, 0.2) is 0 Å². The maximum Gasteiger partial charge on any atom is 0.295 e. The maximum atomic E-state index is 12.3. The summed E-state index contributed by atoms with van der Waals surface area (Å²) in [4.78, 5) is 0.0812. The van der Waals surface area contributed by atoms with Gasteiger partial charge in [-0.3, -0.25) is 0 Å². The van der Waals surface area contributed by atoms with Gasteiger partial charge in [-0.15, -0.1) is 0 Å². The van der Waals surface area contributed by atoms with E-state index in [1.54, 1.807) is 18.2 Å². The van der Waals surface area contributed by atoms with Crippen molar-refractivity contribution in [3.05, 3.63) is 30.3 Å². The van der Waals surface area contributed by atoms with Crippen molar-refractivity contribution in [1.82, 2.24) is 10.3 Å². The lowest BCUT2D eigenvalue weighted by molar-refractivity contribution is 0.216. The van der Waals surface area contributed by atoms with E-state index >= 15 is 0 Å². The molecule has 0 bridgehead atoms. The zero-order chi connectivity index (χ0) is 13.7. The summed E-state index contributed by atoms with van der Waals surface area (Å²) in [5, 5.41) is 15.1. The Morgan fingerprint density at radius 1 is 1.21 bits per heavy atom. The van der Waals surface area contributed by atoms with E-state index < -0.39 is 9.84 Å². The van der Waals surface area contributed by atoms with E-state index in [-0.39, 0.29) is 29.0 Å². The third-order valence-electron chi connectivity index (χ3n) is 2.28. The predicted octanol–water partition coefficient (Wildman–Crippen LogP) is 0.664. The lowest BCUT2D eigenvalue weighted by atomic mass is 10.4. The Balaban J connectivity index is 2.29. The lowest BCUT2D eigenvalue weighted by Gasteiger charge is -2.03. The topological polar surface area (TPSA) is 103 Å². The number of aliphatic hydroxyl groups excluding tert-OH is 1. The molecule has 1 heterocycles. The first-order valence-corrected chi connectivity index (χ1v) is 7.01. The van der Waals surface area contributed by atoms with Crippen LogP contribution in [0.25, 0.3) is 0 Å². The SMILES string of the molecule is O=S(=O)(c1ccccc1)c1nonc1OCCCO. The minimum atomic E-state index is -3.82. The Bertz CT molecular complexity index is 624. The molecule has 2 rings (SSSR count). The summed E-state index contributed by atoms with van der Waals surface area (Å²) in [6.07, 6.45) is 0.359. The van der Waals surface area contributed by atoms with E-state index in [0.717, 1.165) is 0 Å². The third kappa shape index (κ3) is 2.91. The molecule has 0 radical (unpaired) electrons. The van der Waals surface area contributed by atoms with Gasteiger partial charge >= 0.3 is 0 Å². The minimum Gasteiger partial charge on any atom is -0.473 e. The number of hydrogen-bond acceptors (Lipinski definition) is 7. The Labute approximate surface area is 109 Å². The van der Waals surface area contributed by atoms with Gasteiger partial charge in [0.25, 0.3) is 10.9 Å². The van der Waals surface area contributed by atoms with Gasteiger partial charge in [0, 0.05) is 13.0 Å². The number of benzene rings is 1. The number of sulfone groups is 1. The van der Waals surface area contributed by atoms with Crippen LogP contribution in [0.5, 0.6) is 5.88 Å². The van der Waals surface area contributed by atoms with Gasteiger partial charge < -0.3 is 9.84 Å². The second kappa shape index (κ2) is 5.81. The molecule has 19 heavy (non-hydrogen) atoms. The average Bonchev–Trinajstić information content (AvgIpc) is 2.89. The van der Waals surface area contributed by atoms with Crippen molar-refractivity contribution in [1.29, 1.82) is 0 Å². The molecule has 1 N–H and O–H groups in total. The van der Waals surface area contributed by atoms with Crippen LogP contribution in [-0.4, -0.2) is 37.1 Å². The average molecular weight is 284 g/mol. The van der Waals surface area contributed by atoms with Gasteiger partial charge in [0.1, 0.15) is 0 Å². The fourth-order valence-electron chi connectivity index (χ4n) is 1.37. The van der Waals surface area contributed by atoms with Gasteiger partial charge in [-0.05, 0) is 22.4 Å². The highest BCUT2D eigenvalue weighted by molar-refractivity contribution is 7.91. The second-order valence-corrected chi connectivity index (χ2v) is 5.48. The van der Waals surface area contributed by atoms with Crippen molar-refractivity contribution in [2.75, 3.05) is 13.2 Å². The van der Waals surface area contributed by atoms with Crippen LogP contribution in [0.15, 0.2) is 44.9 Å². The Hall–Kier alpha value is -1.93. The van der Waals surface area contributed by atoms with Crippen molar-refractivity contribution >= 4 is 9.84 Å². The summed E-state index contributed by atoms with van der Waals surface area (Å²) in [7, 11) is -3.82. The Morgan fingerprint density at radius 2 is 1.95 bits per heavy atom. The molecule has 2 aromatic rings. The molecular weight excluding hydrogens is 272 g/mol. The van der Waals surface area contributed by atoms with Gasteiger partial charge in [-0.2, -0.15) is 0 Å². The molecule has 0 saturated heterocycles. The van der Waals surface area contributed by atoms with Gasteiger partial charge in [-0.25, -0.2) is 13.0 Å². The fraction of sp³-hybridized carbons (Fsp3) is 0.273. The summed E-state index contributed by atoms with van der Waals surface area (Å²) in [6, 6.07) is 7.81. The molecule has 0 aliphatic rings. The van der Waals surface area contributed by atoms with Crippen LogP contribution in [0.1, 0.15) is 6.42 Å². The van der Waals surface area contributed by atoms with Crippen molar-refractivity contribution < 1.29 is 22.9 Å². The van der Waals surface area contributed by atoms with Crippen LogP contribution in [-0.2, 0) is 9.84 Å². The van der Waals surface area contributed by atoms with Crippen LogP contribution in [0, 0.1) is 0 Å². The third-order valence-corrected chi connectivity index (χ3v) is 3.93. The number of aliphatic hydroxyl groups is 1. The maximum absolute atomic E-state index is 12.3. The van der Waals surface area contributed by atoms with Crippen LogP contribution < -0.4 is 4.74 Å². The summed E-state index contributed by atoms with van der Waals surface area (Å²) in [6.45, 7) is 0.0636. The first kappa shape index (κ1) is 13.5. The van der Waals surface area contributed by atoms with Crippen LogP contribution in [0.2, 0.25) is 0 Å². The van der Waals surface area contributed by atoms with E-state index in [4.69, 9.17) is 9.84 Å². The Kier molecular flexibility index (Phi) is 4.13. The molecule has 0 saturated carbocycles. The highest BCUT2D eigenvalue weighted by Gasteiger charge is 2.28. The molecule has 0 spiro atoms. The summed E-state index contributed by atoms with van der Waals surface area (Å²) in [5.74, 6) is -0.197. The van der Waals surface area contributed by atoms with Gasteiger partial charge in [0.2, 0.25) is 9.84 Å². The highest BCUT2D eigenvalue weighted by atomic mass is 32.2. The number of rotatable bonds is 6. The smallest absolute Gasteiger partial charge is 0.295 e. The zero-order valence-electron chi connectivity index (χ0n) is 9.89. The molecule has 0 aliphatic heterocycles.